The zero-order chi connectivity index (χ0) is 7.94. The highest BCUT2D eigenvalue weighted by atomic mass is 32.2. The number of nitrogens with zero attached hydrogens (tertiary/aromatic N) is 1. The van der Waals surface area contributed by atoms with Gasteiger partial charge in [0, 0.05) is 6.61 Å². The largest absolute Gasteiger partial charge is 0.396 e. The number of aliphatic hydroxyl groups is 1. The quantitative estimate of drug-likeness (QED) is 0.519. The third-order valence-corrected chi connectivity index (χ3v) is 2.31. The average Bonchev–Trinajstić information content (AvgIpc) is 2.50. The lowest BCUT2D eigenvalue weighted by atomic mass is 10.4. The van der Waals surface area contributed by atoms with E-state index >= 15 is 0 Å². The highest BCUT2D eigenvalue weighted by Gasteiger charge is 1.93. The van der Waals surface area contributed by atoms with Gasteiger partial charge in [-0.2, -0.15) is 0 Å². The van der Waals surface area contributed by atoms with Crippen molar-refractivity contribution in [1.29, 1.82) is 0 Å². The molecule has 2 N–H and O–H groups in total. The fourth-order valence-corrected chi connectivity index (χ4v) is 1.56. The Hall–Kier alpha value is -0.480. The molecule has 0 unspecified atom stereocenters. The minimum Gasteiger partial charge on any atom is -0.396 e. The van der Waals surface area contributed by atoms with Gasteiger partial charge in [0.15, 0.2) is 0 Å². The predicted octanol–water partition coefficient (Wildman–Crippen LogP) is 1.27. The summed E-state index contributed by atoms with van der Waals surface area (Å²) in [5, 5.41) is 9.59. The molecule has 0 aliphatic heterocycles. The van der Waals surface area contributed by atoms with Crippen molar-refractivity contribution in [1.82, 2.24) is 9.97 Å². The maximum Gasteiger partial charge on any atom is 0.0928 e. The minimum atomic E-state index is 0.295. The fourth-order valence-electron chi connectivity index (χ4n) is 0.718. The van der Waals surface area contributed by atoms with Gasteiger partial charge in [-0.05, 0) is 18.6 Å². The van der Waals surface area contributed by atoms with E-state index in [9.17, 15) is 0 Å². The second-order valence-electron chi connectivity index (χ2n) is 2.20. The third kappa shape index (κ3) is 3.43. The number of aliphatic hydroxyl groups excluding tert-OH is 1. The summed E-state index contributed by atoms with van der Waals surface area (Å²) in [6.45, 7) is 0.295. The Morgan fingerprint density at radius 3 is 3.09 bits per heavy atom. The minimum absolute atomic E-state index is 0.295. The van der Waals surface area contributed by atoms with Crippen molar-refractivity contribution in [3.8, 4) is 0 Å². The Morgan fingerprint density at radius 1 is 1.55 bits per heavy atom. The van der Waals surface area contributed by atoms with Crippen LogP contribution in [0.4, 0.5) is 0 Å². The predicted molar refractivity (Wildman–Crippen MR) is 45.6 cm³/mol. The van der Waals surface area contributed by atoms with Crippen molar-refractivity contribution < 1.29 is 5.11 Å². The number of rotatable bonds is 5. The summed E-state index contributed by atoms with van der Waals surface area (Å²) in [6.07, 6.45) is 5.43. The molecule has 3 nitrogen and oxygen atoms in total. The normalized spacial score (nSPS) is 10.3. The Balaban J connectivity index is 2.04. The number of H-pyrrole nitrogens is 1. The molecule has 1 aromatic rings. The molecule has 0 spiro atoms. The summed E-state index contributed by atoms with van der Waals surface area (Å²) in [5.41, 5.74) is 0. The van der Waals surface area contributed by atoms with E-state index in [4.69, 9.17) is 5.11 Å². The van der Waals surface area contributed by atoms with Crippen LogP contribution in [0.3, 0.4) is 0 Å². The van der Waals surface area contributed by atoms with E-state index < -0.39 is 0 Å². The van der Waals surface area contributed by atoms with E-state index in [1.165, 1.54) is 0 Å². The van der Waals surface area contributed by atoms with Crippen molar-refractivity contribution in [2.24, 2.45) is 0 Å². The fraction of sp³-hybridized carbons (Fsp3) is 0.571. The van der Waals surface area contributed by atoms with Crippen LogP contribution in [0.5, 0.6) is 0 Å². The number of unbranched alkanes of at least 4 members (excludes halogenated alkanes) is 1. The number of hydrogen-bond acceptors (Lipinski definition) is 3. The van der Waals surface area contributed by atoms with Crippen LogP contribution in [-0.4, -0.2) is 27.4 Å². The summed E-state index contributed by atoms with van der Waals surface area (Å²) in [4.78, 5) is 6.90. The first-order valence-electron chi connectivity index (χ1n) is 3.65. The lowest BCUT2D eigenvalue weighted by Crippen LogP contribution is -1.85. The Kier molecular flexibility index (Phi) is 4.08. The number of aromatic amines is 1. The van der Waals surface area contributed by atoms with E-state index in [0.717, 1.165) is 23.6 Å². The molecule has 4 heteroatoms. The number of hydrogen-bond donors (Lipinski definition) is 2. The van der Waals surface area contributed by atoms with Crippen LogP contribution in [0, 0.1) is 0 Å². The first kappa shape index (κ1) is 8.62. The van der Waals surface area contributed by atoms with Gasteiger partial charge in [-0.15, -0.1) is 11.8 Å². The lowest BCUT2D eigenvalue weighted by molar-refractivity contribution is 0.287. The van der Waals surface area contributed by atoms with E-state index in [-0.39, 0.29) is 0 Å². The van der Waals surface area contributed by atoms with Crippen LogP contribution in [0.2, 0.25) is 0 Å². The van der Waals surface area contributed by atoms with Crippen LogP contribution in [0.1, 0.15) is 12.8 Å². The van der Waals surface area contributed by atoms with Gasteiger partial charge in [0.1, 0.15) is 0 Å². The summed E-state index contributed by atoms with van der Waals surface area (Å²) in [7, 11) is 0. The highest BCUT2D eigenvalue weighted by Crippen LogP contribution is 2.14. The third-order valence-electron chi connectivity index (χ3n) is 1.28. The second-order valence-corrected chi connectivity index (χ2v) is 3.33. The molecule has 62 valence electrons. The number of imidazole rings is 1. The van der Waals surface area contributed by atoms with Crippen LogP contribution in [0.25, 0.3) is 0 Å². The molecule has 0 amide bonds. The lowest BCUT2D eigenvalue weighted by Gasteiger charge is -1.95. The average molecular weight is 172 g/mol. The molecule has 1 rings (SSSR count). The van der Waals surface area contributed by atoms with Gasteiger partial charge in [-0.25, -0.2) is 4.98 Å². The molecular formula is C7H12N2OS. The van der Waals surface area contributed by atoms with Crippen molar-refractivity contribution in [3.63, 3.8) is 0 Å². The maximum atomic E-state index is 8.49. The van der Waals surface area contributed by atoms with Gasteiger partial charge < -0.3 is 10.1 Å². The first-order valence-corrected chi connectivity index (χ1v) is 4.64. The number of aromatic nitrogens is 2. The molecule has 0 saturated carbocycles. The molecule has 11 heavy (non-hydrogen) atoms. The van der Waals surface area contributed by atoms with Crippen molar-refractivity contribution in [3.05, 3.63) is 12.5 Å². The van der Waals surface area contributed by atoms with Crippen molar-refractivity contribution in [2.75, 3.05) is 12.4 Å². The zero-order valence-electron chi connectivity index (χ0n) is 6.29. The molecule has 0 saturated heterocycles. The van der Waals surface area contributed by atoms with Crippen molar-refractivity contribution >= 4 is 11.8 Å². The number of nitrogens with one attached hydrogen (secondary N) is 1. The number of thioether (sulfide) groups is 1. The van der Waals surface area contributed by atoms with Gasteiger partial charge in [-0.1, -0.05) is 0 Å². The van der Waals surface area contributed by atoms with Crippen LogP contribution < -0.4 is 0 Å². The highest BCUT2D eigenvalue weighted by molar-refractivity contribution is 7.99. The molecule has 0 atom stereocenters. The molecule has 1 heterocycles. The molecule has 0 aliphatic rings. The van der Waals surface area contributed by atoms with E-state index in [1.54, 1.807) is 18.1 Å². The van der Waals surface area contributed by atoms with E-state index in [2.05, 4.69) is 9.97 Å². The first-order chi connectivity index (χ1) is 5.43. The smallest absolute Gasteiger partial charge is 0.0928 e. The van der Waals surface area contributed by atoms with Crippen LogP contribution >= 0.6 is 11.8 Å². The SMILES string of the molecule is OCCCCSc1cnc[nH]1. The zero-order valence-corrected chi connectivity index (χ0v) is 7.10. The molecular weight excluding hydrogens is 160 g/mol. The van der Waals surface area contributed by atoms with Gasteiger partial charge in [0.05, 0.1) is 17.6 Å². The summed E-state index contributed by atoms with van der Waals surface area (Å²) >= 11 is 1.74. The molecule has 0 radical (unpaired) electrons. The van der Waals surface area contributed by atoms with Crippen molar-refractivity contribution in [2.45, 2.75) is 17.9 Å². The van der Waals surface area contributed by atoms with Crippen LogP contribution in [-0.2, 0) is 0 Å². The molecule has 0 fully saturated rings. The van der Waals surface area contributed by atoms with Crippen LogP contribution in [0.15, 0.2) is 17.6 Å². The summed E-state index contributed by atoms with van der Waals surface area (Å²) in [6, 6.07) is 0. The van der Waals surface area contributed by atoms with Gasteiger partial charge in [-0.3, -0.25) is 0 Å². The molecule has 0 bridgehead atoms. The van der Waals surface area contributed by atoms with E-state index in [1.807, 2.05) is 6.20 Å². The van der Waals surface area contributed by atoms with Gasteiger partial charge in [0.2, 0.25) is 0 Å². The molecule has 0 aromatic carbocycles. The molecule has 0 aliphatic carbocycles. The molecule has 1 aromatic heterocycles. The Morgan fingerprint density at radius 2 is 2.45 bits per heavy atom. The summed E-state index contributed by atoms with van der Waals surface area (Å²) < 4.78 is 0. The van der Waals surface area contributed by atoms with Gasteiger partial charge in [0.25, 0.3) is 0 Å². The topological polar surface area (TPSA) is 48.9 Å². The van der Waals surface area contributed by atoms with Gasteiger partial charge >= 0.3 is 0 Å². The maximum absolute atomic E-state index is 8.49. The Bertz CT molecular complexity index is 177. The monoisotopic (exact) mass is 172 g/mol. The summed E-state index contributed by atoms with van der Waals surface area (Å²) in [5.74, 6) is 1.04. The Labute approximate surface area is 70.2 Å². The standard InChI is InChI=1S/C7H12N2OS/c10-3-1-2-4-11-7-5-8-6-9-7/h5-6,10H,1-4H2,(H,8,9). The van der Waals surface area contributed by atoms with E-state index in [0.29, 0.717) is 6.61 Å². The second kappa shape index (κ2) is 5.21.